The third-order valence-corrected chi connectivity index (χ3v) is 8.18. The number of rotatable bonds is 6. The molecule has 0 unspecified atom stereocenters. The number of urea groups is 1. The Morgan fingerprint density at radius 1 is 1.16 bits per heavy atom. The minimum Gasteiger partial charge on any atom is -0.379 e. The summed E-state index contributed by atoms with van der Waals surface area (Å²) in [5, 5.41) is 2.87. The Morgan fingerprint density at radius 2 is 1.84 bits per heavy atom. The summed E-state index contributed by atoms with van der Waals surface area (Å²) in [6.07, 6.45) is 1.45. The summed E-state index contributed by atoms with van der Waals surface area (Å²) in [4.78, 5) is 29.3. The van der Waals surface area contributed by atoms with Crippen molar-refractivity contribution in [1.82, 2.24) is 14.1 Å². The molecular weight excluding hydrogens is 432 g/mol. The van der Waals surface area contributed by atoms with E-state index >= 15 is 0 Å². The molecule has 2 saturated heterocycles. The van der Waals surface area contributed by atoms with Crippen LogP contribution in [0, 0.1) is 12.8 Å². The first-order valence-corrected chi connectivity index (χ1v) is 12.7. The van der Waals surface area contributed by atoms with Crippen molar-refractivity contribution >= 4 is 27.6 Å². The number of benzene rings is 1. The molecule has 10 heteroatoms. The van der Waals surface area contributed by atoms with Crippen molar-refractivity contribution in [2.75, 3.05) is 57.8 Å². The Bertz CT molecular complexity index is 926. The van der Waals surface area contributed by atoms with E-state index in [2.05, 4.69) is 5.32 Å². The van der Waals surface area contributed by atoms with E-state index in [0.29, 0.717) is 70.2 Å². The van der Waals surface area contributed by atoms with Crippen molar-refractivity contribution in [2.45, 2.75) is 38.5 Å². The molecule has 9 nitrogen and oxygen atoms in total. The van der Waals surface area contributed by atoms with Crippen LogP contribution >= 0.6 is 0 Å². The Hall–Kier alpha value is -2.17. The molecule has 0 spiro atoms. The number of hydrogen-bond donors (Lipinski definition) is 1. The van der Waals surface area contributed by atoms with Crippen LogP contribution in [-0.4, -0.2) is 86.9 Å². The first-order chi connectivity index (χ1) is 15.3. The molecule has 2 aliphatic rings. The van der Waals surface area contributed by atoms with Crippen molar-refractivity contribution in [2.24, 2.45) is 5.92 Å². The number of sulfonamides is 1. The average molecular weight is 467 g/mol. The molecule has 1 aromatic carbocycles. The van der Waals surface area contributed by atoms with Crippen LogP contribution in [0.1, 0.15) is 32.3 Å². The number of anilines is 1. The lowest BCUT2D eigenvalue weighted by atomic mass is 9.97. The van der Waals surface area contributed by atoms with Gasteiger partial charge in [0.25, 0.3) is 0 Å². The summed E-state index contributed by atoms with van der Waals surface area (Å²) in [6.45, 7) is 9.28. The number of carbonyl (C=O) groups is 2. The van der Waals surface area contributed by atoms with E-state index in [1.165, 1.54) is 10.4 Å². The molecule has 0 aliphatic carbocycles. The Morgan fingerprint density at radius 3 is 2.50 bits per heavy atom. The first kappa shape index (κ1) is 24.5. The zero-order chi connectivity index (χ0) is 23.3. The van der Waals surface area contributed by atoms with Gasteiger partial charge in [-0.1, -0.05) is 6.07 Å². The van der Waals surface area contributed by atoms with Gasteiger partial charge in [0.15, 0.2) is 0 Å². The van der Waals surface area contributed by atoms with Crippen LogP contribution in [0.5, 0.6) is 0 Å². The van der Waals surface area contributed by atoms with Crippen LogP contribution in [0.15, 0.2) is 23.1 Å². The fourth-order valence-electron chi connectivity index (χ4n) is 4.19. The molecule has 1 N–H and O–H groups in total. The number of piperidine rings is 1. The minimum absolute atomic E-state index is 0.0401. The predicted molar refractivity (Wildman–Crippen MR) is 122 cm³/mol. The smallest absolute Gasteiger partial charge is 0.320 e. The number of likely N-dealkylation sites (tertiary alicyclic amines) is 1. The number of morpholine rings is 1. The highest BCUT2D eigenvalue weighted by Crippen LogP contribution is 2.26. The van der Waals surface area contributed by atoms with Crippen LogP contribution < -0.4 is 5.32 Å². The molecule has 3 amide bonds. The highest BCUT2D eigenvalue weighted by Gasteiger charge is 2.31. The molecular formula is C22H34N4O5S. The van der Waals surface area contributed by atoms with E-state index < -0.39 is 10.0 Å². The molecule has 0 bridgehead atoms. The van der Waals surface area contributed by atoms with Crippen LogP contribution in [0.2, 0.25) is 0 Å². The lowest BCUT2D eigenvalue weighted by Crippen LogP contribution is -2.49. The zero-order valence-corrected chi connectivity index (χ0v) is 20.0. The van der Waals surface area contributed by atoms with Crippen LogP contribution in [-0.2, 0) is 19.6 Å². The second-order valence-corrected chi connectivity index (χ2v) is 10.1. The molecule has 1 aromatic rings. The van der Waals surface area contributed by atoms with Gasteiger partial charge in [0, 0.05) is 45.0 Å². The zero-order valence-electron chi connectivity index (χ0n) is 19.2. The number of amides is 3. The summed E-state index contributed by atoms with van der Waals surface area (Å²) in [7, 11) is -3.67. The van der Waals surface area contributed by atoms with Crippen molar-refractivity contribution in [3.05, 3.63) is 23.8 Å². The second-order valence-electron chi connectivity index (χ2n) is 8.23. The molecule has 0 saturated carbocycles. The van der Waals surface area contributed by atoms with Gasteiger partial charge in [-0.15, -0.1) is 0 Å². The third-order valence-electron chi connectivity index (χ3n) is 6.14. The van der Waals surface area contributed by atoms with Gasteiger partial charge in [0.1, 0.15) is 0 Å². The lowest BCUT2D eigenvalue weighted by Gasteiger charge is -2.35. The molecule has 3 rings (SSSR count). The maximum absolute atomic E-state index is 13.1. The topological polar surface area (TPSA) is 99.3 Å². The highest BCUT2D eigenvalue weighted by atomic mass is 32.2. The summed E-state index contributed by atoms with van der Waals surface area (Å²) in [5.41, 5.74) is 1.07. The molecule has 0 aromatic heterocycles. The molecule has 178 valence electrons. The summed E-state index contributed by atoms with van der Waals surface area (Å²) < 4.78 is 32.9. The van der Waals surface area contributed by atoms with Gasteiger partial charge in [0.05, 0.1) is 24.0 Å². The van der Waals surface area contributed by atoms with E-state index in [9.17, 15) is 18.0 Å². The molecule has 2 heterocycles. The van der Waals surface area contributed by atoms with Gasteiger partial charge >= 0.3 is 6.03 Å². The fourth-order valence-corrected chi connectivity index (χ4v) is 5.84. The molecule has 32 heavy (non-hydrogen) atoms. The van der Waals surface area contributed by atoms with Crippen LogP contribution in [0.25, 0.3) is 0 Å². The van der Waals surface area contributed by atoms with Crippen molar-refractivity contribution in [1.29, 1.82) is 0 Å². The SMILES string of the molecule is CCN(CC)C(=O)N1CCC[C@H](C(=O)Nc2ccc(C)c(S(=O)(=O)N3CCOCC3)c2)C1. The summed E-state index contributed by atoms with van der Waals surface area (Å²) >= 11 is 0. The fraction of sp³-hybridized carbons (Fsp3) is 0.636. The van der Waals surface area contributed by atoms with Gasteiger partial charge < -0.3 is 19.9 Å². The number of ether oxygens (including phenoxy) is 1. The van der Waals surface area contributed by atoms with Crippen molar-refractivity contribution < 1.29 is 22.7 Å². The van der Waals surface area contributed by atoms with Crippen molar-refractivity contribution in [3.8, 4) is 0 Å². The number of nitrogens with one attached hydrogen (secondary N) is 1. The Labute approximate surface area is 190 Å². The Kier molecular flexibility index (Phi) is 8.13. The normalized spacial score (nSPS) is 20.1. The van der Waals surface area contributed by atoms with Gasteiger partial charge in [0.2, 0.25) is 15.9 Å². The maximum Gasteiger partial charge on any atom is 0.320 e. The number of hydrogen-bond acceptors (Lipinski definition) is 5. The predicted octanol–water partition coefficient (Wildman–Crippen LogP) is 2.13. The highest BCUT2D eigenvalue weighted by molar-refractivity contribution is 7.89. The van der Waals surface area contributed by atoms with E-state index in [1.807, 2.05) is 13.8 Å². The molecule has 0 radical (unpaired) electrons. The van der Waals surface area contributed by atoms with Gasteiger partial charge in [-0.05, 0) is 51.3 Å². The summed E-state index contributed by atoms with van der Waals surface area (Å²) in [5.74, 6) is -0.524. The van der Waals surface area contributed by atoms with Gasteiger partial charge in [-0.25, -0.2) is 13.2 Å². The number of aryl methyl sites for hydroxylation is 1. The van der Waals surface area contributed by atoms with E-state index in [0.717, 1.165) is 6.42 Å². The first-order valence-electron chi connectivity index (χ1n) is 11.3. The summed E-state index contributed by atoms with van der Waals surface area (Å²) in [6, 6.07) is 4.91. The monoisotopic (exact) mass is 466 g/mol. The maximum atomic E-state index is 13.1. The number of nitrogens with zero attached hydrogens (tertiary/aromatic N) is 3. The standard InChI is InChI=1S/C22H34N4O5S/c1-4-24(5-2)22(28)25-10-6-7-18(16-25)21(27)23-19-9-8-17(3)20(15-19)32(29,30)26-11-13-31-14-12-26/h8-9,15,18H,4-7,10-14,16H2,1-3H3,(H,23,27)/t18-/m0/s1. The lowest BCUT2D eigenvalue weighted by molar-refractivity contribution is -0.121. The minimum atomic E-state index is -3.67. The third kappa shape index (κ3) is 5.41. The van der Waals surface area contributed by atoms with E-state index in [-0.39, 0.29) is 22.8 Å². The van der Waals surface area contributed by atoms with Crippen LogP contribution in [0.3, 0.4) is 0 Å². The van der Waals surface area contributed by atoms with E-state index in [4.69, 9.17) is 4.74 Å². The molecule has 2 fully saturated rings. The van der Waals surface area contributed by atoms with E-state index in [1.54, 1.807) is 28.9 Å². The average Bonchev–Trinajstić information content (AvgIpc) is 2.81. The Balaban J connectivity index is 1.71. The number of carbonyl (C=O) groups excluding carboxylic acids is 2. The van der Waals surface area contributed by atoms with Gasteiger partial charge in [-0.2, -0.15) is 4.31 Å². The quantitative estimate of drug-likeness (QED) is 0.692. The largest absolute Gasteiger partial charge is 0.379 e. The molecule has 1 atom stereocenters. The molecule has 2 aliphatic heterocycles. The van der Waals surface area contributed by atoms with Crippen molar-refractivity contribution in [3.63, 3.8) is 0 Å². The second kappa shape index (κ2) is 10.6. The van der Waals surface area contributed by atoms with Gasteiger partial charge in [-0.3, -0.25) is 4.79 Å². The van der Waals surface area contributed by atoms with Crippen LogP contribution in [0.4, 0.5) is 10.5 Å².